The highest BCUT2D eigenvalue weighted by Gasteiger charge is 2.17. The molecular weight excluding hydrogens is 446 g/mol. The number of aromatic nitrogens is 6. The van der Waals surface area contributed by atoms with Gasteiger partial charge in [0, 0.05) is 14.1 Å². The van der Waals surface area contributed by atoms with Crippen molar-refractivity contribution in [1.29, 1.82) is 0 Å². The average Bonchev–Trinajstić information content (AvgIpc) is 3.27. The minimum Gasteiger partial charge on any atom is -0.347 e. The minimum atomic E-state index is -0.164. The van der Waals surface area contributed by atoms with Gasteiger partial charge in [-0.1, -0.05) is 47.6 Å². The Morgan fingerprint density at radius 3 is 2.66 bits per heavy atom. The van der Waals surface area contributed by atoms with Crippen molar-refractivity contribution in [3.63, 3.8) is 0 Å². The number of anilines is 1. The topological polar surface area (TPSA) is 92.6 Å². The first-order chi connectivity index (χ1) is 15.5. The summed E-state index contributed by atoms with van der Waals surface area (Å²) in [6, 6.07) is 14.6. The molecule has 5 rings (SSSR count). The number of aromatic amines is 1. The first-order valence-electron chi connectivity index (χ1n) is 9.80. The van der Waals surface area contributed by atoms with E-state index >= 15 is 0 Å². The van der Waals surface area contributed by atoms with Crippen LogP contribution in [0.15, 0.2) is 64.7 Å². The lowest BCUT2D eigenvalue weighted by Crippen LogP contribution is -2.24. The van der Waals surface area contributed by atoms with Gasteiger partial charge in [0.25, 0.3) is 5.56 Å². The maximum atomic E-state index is 13.4. The number of benzene rings is 2. The lowest BCUT2D eigenvalue weighted by Gasteiger charge is -2.15. The monoisotopic (exact) mass is 463 g/mol. The van der Waals surface area contributed by atoms with Crippen LogP contribution in [0.1, 0.15) is 5.82 Å². The second-order valence-electron chi connectivity index (χ2n) is 7.25. The summed E-state index contributed by atoms with van der Waals surface area (Å²) in [4.78, 5) is 36.5. The molecule has 8 nitrogen and oxygen atoms in total. The zero-order valence-electron chi connectivity index (χ0n) is 17.3. The Bertz CT molecular complexity index is 1510. The summed E-state index contributed by atoms with van der Waals surface area (Å²) >= 11 is 7.91. The first-order valence-corrected chi connectivity index (χ1v) is 11.2. The zero-order chi connectivity index (χ0) is 22.2. The fourth-order valence-electron chi connectivity index (χ4n) is 3.39. The van der Waals surface area contributed by atoms with Gasteiger partial charge >= 0.3 is 0 Å². The largest absolute Gasteiger partial charge is 0.347 e. The number of imidazole rings is 1. The quantitative estimate of drug-likeness (QED) is 0.310. The molecule has 3 heterocycles. The van der Waals surface area contributed by atoms with Gasteiger partial charge in [0.15, 0.2) is 5.65 Å². The van der Waals surface area contributed by atoms with Crippen LogP contribution in [0, 0.1) is 0 Å². The van der Waals surface area contributed by atoms with Crippen molar-refractivity contribution in [2.24, 2.45) is 0 Å². The third-order valence-corrected chi connectivity index (χ3v) is 6.21. The van der Waals surface area contributed by atoms with Crippen LogP contribution in [0.2, 0.25) is 5.02 Å². The SMILES string of the molecule is CN(C)c1nc(SCc2nc3ccccc3c(=O)n2-c2ccccc2Cl)c2[nH]cnc2n1. The van der Waals surface area contributed by atoms with Gasteiger partial charge in [-0.2, -0.15) is 4.98 Å². The Morgan fingerprint density at radius 1 is 1.06 bits per heavy atom. The van der Waals surface area contributed by atoms with Crippen LogP contribution in [0.25, 0.3) is 27.8 Å². The summed E-state index contributed by atoms with van der Waals surface area (Å²) in [7, 11) is 3.75. The van der Waals surface area contributed by atoms with E-state index in [4.69, 9.17) is 16.6 Å². The van der Waals surface area contributed by atoms with Crippen LogP contribution >= 0.6 is 23.4 Å². The highest BCUT2D eigenvalue weighted by atomic mass is 35.5. The van der Waals surface area contributed by atoms with Crippen LogP contribution in [-0.2, 0) is 5.75 Å². The van der Waals surface area contributed by atoms with Crippen LogP contribution in [0.5, 0.6) is 0 Å². The Balaban J connectivity index is 1.65. The van der Waals surface area contributed by atoms with Crippen LogP contribution < -0.4 is 10.5 Å². The number of hydrogen-bond acceptors (Lipinski definition) is 7. The zero-order valence-corrected chi connectivity index (χ0v) is 18.9. The molecule has 0 unspecified atom stereocenters. The maximum absolute atomic E-state index is 13.4. The fraction of sp³-hybridized carbons (Fsp3) is 0.136. The fourth-order valence-corrected chi connectivity index (χ4v) is 4.51. The van der Waals surface area contributed by atoms with E-state index < -0.39 is 0 Å². The second kappa shape index (κ2) is 8.25. The highest BCUT2D eigenvalue weighted by molar-refractivity contribution is 7.98. The number of para-hydroxylation sites is 2. The second-order valence-corrected chi connectivity index (χ2v) is 8.62. The highest BCUT2D eigenvalue weighted by Crippen LogP contribution is 2.29. The Morgan fingerprint density at radius 2 is 1.84 bits per heavy atom. The summed E-state index contributed by atoms with van der Waals surface area (Å²) in [5.74, 6) is 1.52. The van der Waals surface area contributed by atoms with E-state index in [0.29, 0.717) is 44.8 Å². The molecule has 5 aromatic rings. The Kier molecular flexibility index (Phi) is 5.28. The van der Waals surface area contributed by atoms with E-state index in [9.17, 15) is 4.79 Å². The lowest BCUT2D eigenvalue weighted by atomic mass is 10.2. The van der Waals surface area contributed by atoms with Gasteiger partial charge in [0.05, 0.1) is 33.7 Å². The predicted molar refractivity (Wildman–Crippen MR) is 128 cm³/mol. The molecule has 32 heavy (non-hydrogen) atoms. The van der Waals surface area contributed by atoms with E-state index in [1.165, 1.54) is 11.8 Å². The Hall–Kier alpha value is -3.43. The molecule has 0 saturated carbocycles. The van der Waals surface area contributed by atoms with Crippen molar-refractivity contribution in [2.75, 3.05) is 19.0 Å². The number of nitrogens with zero attached hydrogens (tertiary/aromatic N) is 6. The number of rotatable bonds is 5. The first kappa shape index (κ1) is 20.5. The Labute approximate surface area is 192 Å². The minimum absolute atomic E-state index is 0.164. The molecule has 160 valence electrons. The van der Waals surface area contributed by atoms with Gasteiger partial charge in [0.2, 0.25) is 5.95 Å². The van der Waals surface area contributed by atoms with E-state index in [2.05, 4.69) is 19.9 Å². The van der Waals surface area contributed by atoms with Crippen molar-refractivity contribution in [3.8, 4) is 5.69 Å². The molecule has 0 aliphatic carbocycles. The summed E-state index contributed by atoms with van der Waals surface area (Å²) in [6.45, 7) is 0. The lowest BCUT2D eigenvalue weighted by molar-refractivity contribution is 0.883. The van der Waals surface area contributed by atoms with Gasteiger partial charge in [-0.25, -0.2) is 15.0 Å². The summed E-state index contributed by atoms with van der Waals surface area (Å²) < 4.78 is 1.58. The number of hydrogen-bond donors (Lipinski definition) is 1. The van der Waals surface area contributed by atoms with E-state index in [1.54, 1.807) is 23.0 Å². The molecule has 0 atom stereocenters. The van der Waals surface area contributed by atoms with E-state index in [0.717, 1.165) is 10.5 Å². The number of thioether (sulfide) groups is 1. The maximum Gasteiger partial charge on any atom is 0.266 e. The third-order valence-electron chi connectivity index (χ3n) is 4.92. The molecule has 10 heteroatoms. The summed E-state index contributed by atoms with van der Waals surface area (Å²) in [6.07, 6.45) is 1.59. The van der Waals surface area contributed by atoms with Crippen molar-refractivity contribution >= 4 is 51.4 Å². The molecular formula is C22H18ClN7OS. The van der Waals surface area contributed by atoms with Crippen LogP contribution in [0.3, 0.4) is 0 Å². The standard InChI is InChI=1S/C22H18ClN7OS/c1-29(2)22-27-19-18(24-12-25-19)20(28-22)32-11-17-26-15-9-5-3-7-13(15)21(31)30(17)16-10-6-4-8-14(16)23/h3-10,12H,11H2,1-2H3,(H,24,25,27,28). The number of nitrogens with one attached hydrogen (secondary N) is 1. The van der Waals surface area contributed by atoms with Gasteiger partial charge in [-0.05, 0) is 24.3 Å². The molecule has 0 amide bonds. The van der Waals surface area contributed by atoms with Gasteiger partial charge in [-0.15, -0.1) is 0 Å². The molecule has 0 aliphatic rings. The van der Waals surface area contributed by atoms with Gasteiger partial charge in [-0.3, -0.25) is 9.36 Å². The number of H-pyrrole nitrogens is 1. The van der Waals surface area contributed by atoms with Crippen LogP contribution in [0.4, 0.5) is 5.95 Å². The number of halogens is 1. The van der Waals surface area contributed by atoms with Crippen molar-refractivity contribution in [1.82, 2.24) is 29.5 Å². The summed E-state index contributed by atoms with van der Waals surface area (Å²) in [5.41, 5.74) is 2.40. The molecule has 0 radical (unpaired) electrons. The average molecular weight is 464 g/mol. The molecule has 3 aromatic heterocycles. The van der Waals surface area contributed by atoms with Crippen LogP contribution in [-0.4, -0.2) is 43.6 Å². The van der Waals surface area contributed by atoms with Crippen molar-refractivity contribution < 1.29 is 0 Å². The van der Waals surface area contributed by atoms with Crippen molar-refractivity contribution in [3.05, 3.63) is 76.1 Å². The number of fused-ring (bicyclic) bond motifs is 2. The van der Waals surface area contributed by atoms with E-state index in [1.807, 2.05) is 55.4 Å². The van der Waals surface area contributed by atoms with Crippen molar-refractivity contribution in [2.45, 2.75) is 10.8 Å². The molecule has 0 bridgehead atoms. The third kappa shape index (κ3) is 3.59. The van der Waals surface area contributed by atoms with Gasteiger partial charge < -0.3 is 9.88 Å². The van der Waals surface area contributed by atoms with Gasteiger partial charge in [0.1, 0.15) is 16.4 Å². The molecule has 0 spiro atoms. The molecule has 2 aromatic carbocycles. The molecule has 1 N–H and O–H groups in total. The van der Waals surface area contributed by atoms with E-state index in [-0.39, 0.29) is 5.56 Å². The smallest absolute Gasteiger partial charge is 0.266 e. The molecule has 0 saturated heterocycles. The normalized spacial score (nSPS) is 11.3. The molecule has 0 aliphatic heterocycles. The summed E-state index contributed by atoms with van der Waals surface area (Å²) in [5, 5.41) is 1.74. The molecule has 0 fully saturated rings. The predicted octanol–water partition coefficient (Wildman–Crippen LogP) is 4.06.